The van der Waals surface area contributed by atoms with Gasteiger partial charge in [-0.15, -0.1) is 0 Å². The molecule has 1 aromatic carbocycles. The van der Waals surface area contributed by atoms with E-state index in [9.17, 15) is 22.4 Å². The fourth-order valence-corrected chi connectivity index (χ4v) is 1.53. The van der Waals surface area contributed by atoms with Gasteiger partial charge in [0.05, 0.1) is 0 Å². The summed E-state index contributed by atoms with van der Waals surface area (Å²) in [6, 6.07) is 3.60. The number of carboxylic acid groups (broad SMARTS) is 1. The molecule has 0 atom stereocenters. The average molecular weight is 277 g/mol. The Morgan fingerprint density at radius 2 is 2.05 bits per heavy atom. The van der Waals surface area contributed by atoms with E-state index >= 15 is 0 Å². The zero-order valence-corrected chi connectivity index (χ0v) is 9.91. The Kier molecular flexibility index (Phi) is 4.52. The van der Waals surface area contributed by atoms with Crippen molar-refractivity contribution in [2.45, 2.75) is 6.18 Å². The minimum Gasteiger partial charge on any atom is -0.478 e. The van der Waals surface area contributed by atoms with Gasteiger partial charge in [-0.25, -0.2) is 9.18 Å². The fraction of sp³-hybridized carbons (Fsp3) is 0.250. The number of anilines is 1. The summed E-state index contributed by atoms with van der Waals surface area (Å²) < 4.78 is 50.4. The van der Waals surface area contributed by atoms with Crippen LogP contribution in [0, 0.1) is 5.82 Å². The Balaban J connectivity index is 3.13. The number of halogens is 4. The summed E-state index contributed by atoms with van der Waals surface area (Å²) in [6.45, 7) is -1.26. The van der Waals surface area contributed by atoms with E-state index in [4.69, 9.17) is 5.11 Å². The van der Waals surface area contributed by atoms with Crippen molar-refractivity contribution in [3.8, 4) is 0 Å². The summed E-state index contributed by atoms with van der Waals surface area (Å²) in [6.07, 6.45) is -2.84. The molecule has 7 heteroatoms. The van der Waals surface area contributed by atoms with E-state index in [1.165, 1.54) is 12.1 Å². The van der Waals surface area contributed by atoms with Gasteiger partial charge in [0.25, 0.3) is 0 Å². The quantitative estimate of drug-likeness (QED) is 0.679. The van der Waals surface area contributed by atoms with Gasteiger partial charge in [-0.05, 0) is 18.2 Å². The van der Waals surface area contributed by atoms with Gasteiger partial charge in [0.1, 0.15) is 12.4 Å². The van der Waals surface area contributed by atoms with Crippen LogP contribution in [0.25, 0.3) is 6.08 Å². The molecule has 0 aromatic heterocycles. The number of hydrogen-bond acceptors (Lipinski definition) is 2. The smallest absolute Gasteiger partial charge is 0.405 e. The highest BCUT2D eigenvalue weighted by Crippen LogP contribution is 2.26. The molecule has 0 aliphatic heterocycles. The molecule has 0 heterocycles. The van der Waals surface area contributed by atoms with Gasteiger partial charge in [-0.2, -0.15) is 13.2 Å². The highest BCUT2D eigenvalue weighted by atomic mass is 19.4. The van der Waals surface area contributed by atoms with Crippen molar-refractivity contribution in [2.24, 2.45) is 0 Å². The molecule has 3 nitrogen and oxygen atoms in total. The number of aliphatic carboxylic acids is 1. The minimum absolute atomic E-state index is 0.0326. The molecule has 0 spiro atoms. The first-order chi connectivity index (χ1) is 8.70. The number of carbonyl (C=O) groups is 1. The molecule has 0 bridgehead atoms. The number of nitrogens with zero attached hydrogens (tertiary/aromatic N) is 1. The number of carboxylic acids is 1. The molecule has 1 N–H and O–H groups in total. The largest absolute Gasteiger partial charge is 0.478 e. The van der Waals surface area contributed by atoms with Crippen molar-refractivity contribution in [3.63, 3.8) is 0 Å². The maximum Gasteiger partial charge on any atom is 0.405 e. The topological polar surface area (TPSA) is 40.5 Å². The number of alkyl halides is 3. The van der Waals surface area contributed by atoms with Gasteiger partial charge in [0, 0.05) is 24.4 Å². The summed E-state index contributed by atoms with van der Waals surface area (Å²) in [5.74, 6) is -2.10. The molecular weight excluding hydrogens is 266 g/mol. The minimum atomic E-state index is -4.44. The van der Waals surface area contributed by atoms with E-state index in [1.807, 2.05) is 0 Å². The maximum absolute atomic E-state index is 13.5. The average Bonchev–Trinajstić information content (AvgIpc) is 2.24. The van der Waals surface area contributed by atoms with Gasteiger partial charge in [0.2, 0.25) is 0 Å². The van der Waals surface area contributed by atoms with Gasteiger partial charge in [-0.3, -0.25) is 0 Å². The molecule has 1 aromatic rings. The van der Waals surface area contributed by atoms with Crippen molar-refractivity contribution in [3.05, 3.63) is 35.7 Å². The van der Waals surface area contributed by atoms with Crippen LogP contribution >= 0.6 is 0 Å². The van der Waals surface area contributed by atoms with E-state index in [-0.39, 0.29) is 11.3 Å². The normalized spacial score (nSPS) is 11.8. The lowest BCUT2D eigenvalue weighted by atomic mass is 10.1. The van der Waals surface area contributed by atoms with Crippen LogP contribution in [0.15, 0.2) is 24.3 Å². The van der Waals surface area contributed by atoms with Crippen LogP contribution in [0.3, 0.4) is 0 Å². The van der Waals surface area contributed by atoms with E-state index in [0.717, 1.165) is 24.1 Å². The first kappa shape index (κ1) is 15.0. The molecule has 1 rings (SSSR count). The molecule has 0 saturated heterocycles. The molecular formula is C12H11F4NO2. The monoisotopic (exact) mass is 277 g/mol. The fourth-order valence-electron chi connectivity index (χ4n) is 1.53. The van der Waals surface area contributed by atoms with Crippen molar-refractivity contribution in [2.75, 3.05) is 18.5 Å². The second-order valence-electron chi connectivity index (χ2n) is 3.82. The highest BCUT2D eigenvalue weighted by molar-refractivity contribution is 5.87. The Morgan fingerprint density at radius 1 is 1.42 bits per heavy atom. The Hall–Kier alpha value is -2.05. The van der Waals surface area contributed by atoms with Crippen molar-refractivity contribution < 1.29 is 27.5 Å². The Morgan fingerprint density at radius 3 is 2.58 bits per heavy atom. The standard InChI is InChI=1S/C12H11F4NO2/c1-17(7-12(14,15)16)10-4-2-3-9(13)8(10)5-6-11(18)19/h2-6H,7H2,1H3,(H,18,19)/b6-5+. The van der Waals surface area contributed by atoms with Gasteiger partial charge in [-0.1, -0.05) is 6.07 Å². The summed E-state index contributed by atoms with van der Waals surface area (Å²) in [7, 11) is 1.15. The van der Waals surface area contributed by atoms with Crippen LogP contribution in [-0.4, -0.2) is 30.8 Å². The molecule has 0 aliphatic rings. The lowest BCUT2D eigenvalue weighted by Crippen LogP contribution is -2.31. The molecule has 0 saturated carbocycles. The van der Waals surface area contributed by atoms with Gasteiger partial charge < -0.3 is 10.0 Å². The molecule has 19 heavy (non-hydrogen) atoms. The van der Waals surface area contributed by atoms with Crippen LogP contribution < -0.4 is 4.90 Å². The Labute approximate surface area is 106 Å². The summed E-state index contributed by atoms with van der Waals surface area (Å²) in [5.41, 5.74) is -0.230. The van der Waals surface area contributed by atoms with Crippen LogP contribution in [0.1, 0.15) is 5.56 Å². The number of hydrogen-bond donors (Lipinski definition) is 1. The van der Waals surface area contributed by atoms with Crippen molar-refractivity contribution >= 4 is 17.7 Å². The molecule has 0 unspecified atom stereocenters. The van der Waals surface area contributed by atoms with Crippen molar-refractivity contribution in [1.29, 1.82) is 0 Å². The van der Waals surface area contributed by atoms with Crippen LogP contribution in [0.4, 0.5) is 23.2 Å². The summed E-state index contributed by atoms with van der Waals surface area (Å²) in [4.78, 5) is 11.2. The molecule has 0 amide bonds. The van der Waals surface area contributed by atoms with E-state index < -0.39 is 24.5 Å². The molecule has 0 aliphatic carbocycles. The van der Waals surface area contributed by atoms with Gasteiger partial charge in [0.15, 0.2) is 0 Å². The van der Waals surface area contributed by atoms with E-state index in [1.54, 1.807) is 0 Å². The number of benzene rings is 1. The van der Waals surface area contributed by atoms with Gasteiger partial charge >= 0.3 is 12.1 Å². The highest BCUT2D eigenvalue weighted by Gasteiger charge is 2.30. The lowest BCUT2D eigenvalue weighted by Gasteiger charge is -2.23. The van der Waals surface area contributed by atoms with E-state index in [2.05, 4.69) is 0 Å². The summed E-state index contributed by atoms with van der Waals surface area (Å²) in [5, 5.41) is 8.48. The predicted octanol–water partition coefficient (Wildman–Crippen LogP) is 2.92. The summed E-state index contributed by atoms with van der Waals surface area (Å²) >= 11 is 0. The second-order valence-corrected chi connectivity index (χ2v) is 3.82. The SMILES string of the molecule is CN(CC(F)(F)F)c1cccc(F)c1/C=C/C(=O)O. The zero-order valence-electron chi connectivity index (χ0n) is 9.91. The third-order valence-corrected chi connectivity index (χ3v) is 2.25. The van der Waals surface area contributed by atoms with Crippen LogP contribution in [-0.2, 0) is 4.79 Å². The third-order valence-electron chi connectivity index (χ3n) is 2.25. The maximum atomic E-state index is 13.5. The first-order valence-corrected chi connectivity index (χ1v) is 5.18. The van der Waals surface area contributed by atoms with Crippen LogP contribution in [0.5, 0.6) is 0 Å². The van der Waals surface area contributed by atoms with E-state index in [0.29, 0.717) is 6.08 Å². The first-order valence-electron chi connectivity index (χ1n) is 5.18. The molecule has 0 fully saturated rings. The molecule has 104 valence electrons. The second kappa shape index (κ2) is 5.73. The van der Waals surface area contributed by atoms with Crippen molar-refractivity contribution in [1.82, 2.24) is 0 Å². The predicted molar refractivity (Wildman–Crippen MR) is 62.4 cm³/mol. The zero-order chi connectivity index (χ0) is 14.6. The number of rotatable bonds is 4. The van der Waals surface area contributed by atoms with Crippen LogP contribution in [0.2, 0.25) is 0 Å². The lowest BCUT2D eigenvalue weighted by molar-refractivity contribution is -0.131. The Bertz CT molecular complexity index is 497. The third kappa shape index (κ3) is 4.61. The molecule has 0 radical (unpaired) electrons.